The van der Waals surface area contributed by atoms with Crippen molar-refractivity contribution in [2.24, 2.45) is 20.5 Å². The molecule has 0 fully saturated rings. The Labute approximate surface area is 263 Å². The van der Waals surface area contributed by atoms with Gasteiger partial charge in [-0.2, -0.15) is 27.1 Å². The number of hydrogen-bond acceptors (Lipinski definition) is 10. The molecule has 0 heterocycles. The van der Waals surface area contributed by atoms with Gasteiger partial charge in [0, 0.05) is 21.5 Å². The molecule has 0 aliphatic rings. The maximum atomic E-state index is 12.0. The summed E-state index contributed by atoms with van der Waals surface area (Å²) in [5.74, 6) is 0. The van der Waals surface area contributed by atoms with E-state index in [2.05, 4.69) is 20.5 Å². The SMILES string of the molecule is Nc1c(N=Nc2ccc(-c3ccc(N=Nc4cc(S(=O)(=O)O)c5ccccc5c4N)cc3)cc2)cc(S(=O)(=O)O)c2ccccc12. The van der Waals surface area contributed by atoms with Crippen molar-refractivity contribution in [3.8, 4) is 11.1 Å². The van der Waals surface area contributed by atoms with Crippen LogP contribution >= 0.6 is 0 Å². The summed E-state index contributed by atoms with van der Waals surface area (Å²) in [5, 5.41) is 18.1. The predicted molar refractivity (Wildman–Crippen MR) is 177 cm³/mol. The van der Waals surface area contributed by atoms with Gasteiger partial charge < -0.3 is 11.5 Å². The summed E-state index contributed by atoms with van der Waals surface area (Å²) in [5.41, 5.74) is 15.8. The summed E-state index contributed by atoms with van der Waals surface area (Å²) < 4.78 is 67.4. The molecule has 46 heavy (non-hydrogen) atoms. The lowest BCUT2D eigenvalue weighted by molar-refractivity contribution is 0.482. The van der Waals surface area contributed by atoms with Gasteiger partial charge in [0.2, 0.25) is 0 Å². The molecule has 0 aliphatic heterocycles. The minimum Gasteiger partial charge on any atom is -0.396 e. The van der Waals surface area contributed by atoms with Gasteiger partial charge in [-0.25, -0.2) is 0 Å². The summed E-state index contributed by atoms with van der Waals surface area (Å²) in [6.07, 6.45) is 0. The van der Waals surface area contributed by atoms with E-state index < -0.39 is 20.2 Å². The van der Waals surface area contributed by atoms with Crippen LogP contribution < -0.4 is 11.5 Å². The van der Waals surface area contributed by atoms with Crippen molar-refractivity contribution in [2.75, 3.05) is 11.5 Å². The topological polar surface area (TPSA) is 210 Å². The quantitative estimate of drug-likeness (QED) is 0.0749. The highest BCUT2D eigenvalue weighted by Gasteiger charge is 2.19. The van der Waals surface area contributed by atoms with Crippen molar-refractivity contribution < 1.29 is 25.9 Å². The Morgan fingerprint density at radius 3 is 1.11 bits per heavy atom. The highest BCUT2D eigenvalue weighted by molar-refractivity contribution is 7.86. The van der Waals surface area contributed by atoms with Crippen molar-refractivity contribution in [3.63, 3.8) is 0 Å². The van der Waals surface area contributed by atoms with Gasteiger partial charge in [-0.1, -0.05) is 72.8 Å². The van der Waals surface area contributed by atoms with Crippen molar-refractivity contribution in [1.82, 2.24) is 0 Å². The molecule has 6 rings (SSSR count). The largest absolute Gasteiger partial charge is 0.396 e. The molecular weight excluding hydrogens is 629 g/mol. The fraction of sp³-hybridized carbons (Fsp3) is 0. The van der Waals surface area contributed by atoms with Crippen LogP contribution in [-0.4, -0.2) is 25.9 Å². The van der Waals surface area contributed by atoms with E-state index in [0.29, 0.717) is 22.1 Å². The van der Waals surface area contributed by atoms with E-state index >= 15 is 0 Å². The number of hydrogen-bond donors (Lipinski definition) is 4. The monoisotopic (exact) mass is 652 g/mol. The minimum atomic E-state index is -4.53. The Bertz CT molecular complexity index is 2260. The van der Waals surface area contributed by atoms with Gasteiger partial charge >= 0.3 is 0 Å². The van der Waals surface area contributed by atoms with Crippen LogP contribution in [0.5, 0.6) is 0 Å². The van der Waals surface area contributed by atoms with Crippen molar-refractivity contribution in [2.45, 2.75) is 9.79 Å². The molecule has 0 bridgehead atoms. The van der Waals surface area contributed by atoms with Crippen LogP contribution in [0.4, 0.5) is 34.1 Å². The highest BCUT2D eigenvalue weighted by atomic mass is 32.2. The first kappa shape index (κ1) is 30.5. The van der Waals surface area contributed by atoms with Gasteiger partial charge in [0.05, 0.1) is 22.7 Å². The molecule has 6 aromatic rings. The molecule has 6 aromatic carbocycles. The predicted octanol–water partition coefficient (Wildman–Crippen LogP) is 8.15. The first-order valence-corrected chi connectivity index (χ1v) is 16.4. The number of azo groups is 2. The second-order valence-corrected chi connectivity index (χ2v) is 12.9. The van der Waals surface area contributed by atoms with Crippen molar-refractivity contribution in [3.05, 3.63) is 109 Å². The van der Waals surface area contributed by atoms with Crippen LogP contribution in [0.3, 0.4) is 0 Å². The van der Waals surface area contributed by atoms with Gasteiger partial charge in [0.25, 0.3) is 20.2 Å². The zero-order chi connectivity index (χ0) is 32.6. The molecule has 12 nitrogen and oxygen atoms in total. The van der Waals surface area contributed by atoms with Gasteiger partial charge in [-0.3, -0.25) is 9.11 Å². The van der Waals surface area contributed by atoms with Crippen LogP contribution in [0.2, 0.25) is 0 Å². The number of nitrogens with two attached hydrogens (primary N) is 2. The third-order valence-corrected chi connectivity index (χ3v) is 9.01. The van der Waals surface area contributed by atoms with Crippen LogP contribution in [0.1, 0.15) is 0 Å². The molecule has 6 N–H and O–H groups in total. The van der Waals surface area contributed by atoms with E-state index in [-0.39, 0.29) is 43.3 Å². The van der Waals surface area contributed by atoms with E-state index in [0.717, 1.165) is 11.1 Å². The van der Waals surface area contributed by atoms with E-state index in [1.54, 1.807) is 72.8 Å². The van der Waals surface area contributed by atoms with Crippen LogP contribution in [0.15, 0.2) is 139 Å². The number of fused-ring (bicyclic) bond motifs is 2. The lowest BCUT2D eigenvalue weighted by Crippen LogP contribution is -2.01. The summed E-state index contributed by atoms with van der Waals surface area (Å²) in [6.45, 7) is 0. The smallest absolute Gasteiger partial charge is 0.295 e. The average molecular weight is 653 g/mol. The molecule has 230 valence electrons. The fourth-order valence-electron chi connectivity index (χ4n) is 4.96. The Morgan fingerprint density at radius 2 is 0.783 bits per heavy atom. The highest BCUT2D eigenvalue weighted by Crippen LogP contribution is 2.38. The molecule has 0 spiro atoms. The average Bonchev–Trinajstić information content (AvgIpc) is 3.04. The van der Waals surface area contributed by atoms with Crippen LogP contribution in [-0.2, 0) is 20.2 Å². The maximum Gasteiger partial charge on any atom is 0.295 e. The third kappa shape index (κ3) is 6.05. The number of benzene rings is 6. The van der Waals surface area contributed by atoms with E-state index in [9.17, 15) is 25.9 Å². The Morgan fingerprint density at radius 1 is 0.457 bits per heavy atom. The molecule has 0 radical (unpaired) electrons. The molecule has 0 atom stereocenters. The lowest BCUT2D eigenvalue weighted by Gasteiger charge is -2.09. The van der Waals surface area contributed by atoms with E-state index in [1.165, 1.54) is 12.1 Å². The third-order valence-electron chi connectivity index (χ3n) is 7.22. The molecule has 0 unspecified atom stereocenters. The molecular formula is C32H24N6O6S2. The zero-order valence-electron chi connectivity index (χ0n) is 23.7. The molecule has 0 amide bonds. The van der Waals surface area contributed by atoms with Gasteiger partial charge in [-0.15, -0.1) is 10.2 Å². The van der Waals surface area contributed by atoms with Crippen molar-refractivity contribution in [1.29, 1.82) is 0 Å². The fourth-order valence-corrected chi connectivity index (χ4v) is 6.39. The summed E-state index contributed by atoms with van der Waals surface area (Å²) >= 11 is 0. The minimum absolute atomic E-state index is 0.0970. The van der Waals surface area contributed by atoms with Gasteiger partial charge in [0.1, 0.15) is 21.2 Å². The second-order valence-electron chi connectivity index (χ2n) is 10.2. The maximum absolute atomic E-state index is 12.0. The second kappa shape index (κ2) is 11.8. The number of anilines is 2. The Balaban J connectivity index is 1.22. The lowest BCUT2D eigenvalue weighted by atomic mass is 10.1. The van der Waals surface area contributed by atoms with Gasteiger partial charge in [-0.05, 0) is 47.5 Å². The summed E-state index contributed by atoms with van der Waals surface area (Å²) in [7, 11) is -9.07. The first-order valence-electron chi connectivity index (χ1n) is 13.5. The summed E-state index contributed by atoms with van der Waals surface area (Å²) in [4.78, 5) is -0.624. The number of nitrogens with zero attached hydrogens (tertiary/aromatic N) is 4. The summed E-state index contributed by atoms with van der Waals surface area (Å²) in [6, 6.07) is 29.6. The molecule has 0 aromatic heterocycles. The molecule has 0 aliphatic carbocycles. The Kier molecular flexibility index (Phi) is 7.79. The number of rotatable bonds is 7. The zero-order valence-corrected chi connectivity index (χ0v) is 25.3. The number of nitrogen functional groups attached to an aromatic ring is 2. The van der Waals surface area contributed by atoms with Gasteiger partial charge in [0.15, 0.2) is 0 Å². The normalized spacial score (nSPS) is 12.5. The molecule has 0 saturated carbocycles. The first-order chi connectivity index (χ1) is 21.9. The van der Waals surface area contributed by atoms with Crippen molar-refractivity contribution >= 4 is 75.9 Å². The standard InChI is InChI=1S/C32H24N6O6S2/c33-31-25-7-3-1-5-23(25)29(45(39,40)41)17-27(31)37-35-21-13-9-19(10-14-21)20-11-15-22(16-12-20)36-38-28-18-30(46(42,43)44)24-6-2-4-8-26(24)32(28)34/h1-18H,33-34H2,(H,39,40,41)(H,42,43,44). The molecule has 14 heteroatoms. The Hall–Kier alpha value is -5.54. The van der Waals surface area contributed by atoms with E-state index in [4.69, 9.17) is 11.5 Å². The van der Waals surface area contributed by atoms with Crippen LogP contribution in [0, 0.1) is 0 Å². The van der Waals surface area contributed by atoms with E-state index in [1.807, 2.05) is 24.3 Å². The van der Waals surface area contributed by atoms with Crippen LogP contribution in [0.25, 0.3) is 32.7 Å². The molecule has 0 saturated heterocycles.